The zero-order chi connectivity index (χ0) is 22.8. The Kier molecular flexibility index (Phi) is 5.92. The van der Waals surface area contributed by atoms with Gasteiger partial charge in [0.25, 0.3) is 5.91 Å². The van der Waals surface area contributed by atoms with Crippen molar-refractivity contribution in [3.05, 3.63) is 77.7 Å². The molecule has 1 saturated heterocycles. The molecule has 0 atom stereocenters. The second-order valence-corrected chi connectivity index (χ2v) is 8.62. The first-order valence-corrected chi connectivity index (χ1v) is 11.3. The van der Waals surface area contributed by atoms with Gasteiger partial charge in [0.1, 0.15) is 11.6 Å². The molecule has 1 aliphatic heterocycles. The van der Waals surface area contributed by atoms with Crippen LogP contribution in [0.25, 0.3) is 5.69 Å². The van der Waals surface area contributed by atoms with E-state index < -0.39 is 0 Å². The molecule has 0 unspecified atom stereocenters. The van der Waals surface area contributed by atoms with E-state index >= 15 is 0 Å². The topological polar surface area (TPSA) is 70.5 Å². The highest BCUT2D eigenvalue weighted by Crippen LogP contribution is 2.30. The maximum atomic E-state index is 13.2. The summed E-state index contributed by atoms with van der Waals surface area (Å²) < 4.78 is 14.8. The van der Waals surface area contributed by atoms with E-state index in [9.17, 15) is 14.0 Å². The van der Waals surface area contributed by atoms with Gasteiger partial charge in [0.2, 0.25) is 5.91 Å². The molecule has 1 aromatic heterocycles. The largest absolute Gasteiger partial charge is 0.335 e. The molecule has 2 fully saturated rings. The number of amides is 2. The molecule has 5 rings (SSSR count). The number of piperazine rings is 1. The summed E-state index contributed by atoms with van der Waals surface area (Å²) in [7, 11) is 0. The van der Waals surface area contributed by atoms with Gasteiger partial charge in [0, 0.05) is 44.7 Å². The zero-order valence-electron chi connectivity index (χ0n) is 18.3. The van der Waals surface area contributed by atoms with Crippen LogP contribution in [0.1, 0.15) is 28.9 Å². The molecule has 0 bridgehead atoms. The minimum atomic E-state index is -0.239. The Labute approximate surface area is 191 Å². The molecule has 0 spiro atoms. The fraction of sp³-hybridized carbons (Fsp3) is 0.320. The van der Waals surface area contributed by atoms with Crippen LogP contribution in [-0.4, -0.2) is 57.6 Å². The summed E-state index contributed by atoms with van der Waals surface area (Å²) in [6.07, 6.45) is 1.80. The van der Waals surface area contributed by atoms with Gasteiger partial charge in [-0.25, -0.2) is 9.07 Å². The van der Waals surface area contributed by atoms with Crippen LogP contribution in [0, 0.1) is 11.7 Å². The summed E-state index contributed by atoms with van der Waals surface area (Å²) in [5.41, 5.74) is 2.15. The van der Waals surface area contributed by atoms with Crippen molar-refractivity contribution in [3.63, 3.8) is 0 Å². The van der Waals surface area contributed by atoms with E-state index in [2.05, 4.69) is 15.3 Å². The summed E-state index contributed by atoms with van der Waals surface area (Å²) >= 11 is 0. The first kappa shape index (κ1) is 21.3. The van der Waals surface area contributed by atoms with Crippen LogP contribution in [0.15, 0.2) is 60.7 Å². The lowest BCUT2D eigenvalue weighted by Crippen LogP contribution is -2.48. The number of carbonyl (C=O) groups is 2. The van der Waals surface area contributed by atoms with Crippen LogP contribution in [0.4, 0.5) is 10.2 Å². The second kappa shape index (κ2) is 9.15. The van der Waals surface area contributed by atoms with Gasteiger partial charge in [0.15, 0.2) is 5.69 Å². The van der Waals surface area contributed by atoms with Crippen LogP contribution < -0.4 is 5.32 Å². The number of rotatable bonds is 6. The Hall–Kier alpha value is -3.52. The number of hydrogen-bond acceptors (Lipinski definition) is 4. The van der Waals surface area contributed by atoms with Crippen molar-refractivity contribution in [2.45, 2.75) is 19.4 Å². The van der Waals surface area contributed by atoms with Gasteiger partial charge in [-0.15, -0.1) is 0 Å². The fourth-order valence-corrected chi connectivity index (χ4v) is 4.03. The number of aromatic nitrogens is 2. The van der Waals surface area contributed by atoms with Gasteiger partial charge < -0.3 is 10.2 Å². The predicted molar refractivity (Wildman–Crippen MR) is 122 cm³/mol. The SMILES string of the molecule is O=C(Nc1cc(C(=O)N2CCN(Cc3ccc(F)cc3)CC2)nn1-c1ccccc1)C1CC1. The summed E-state index contributed by atoms with van der Waals surface area (Å²) in [6.45, 7) is 3.36. The van der Waals surface area contributed by atoms with E-state index in [1.807, 2.05) is 30.3 Å². The Morgan fingerprint density at radius 1 is 0.970 bits per heavy atom. The average molecular weight is 448 g/mol. The molecule has 0 radical (unpaired) electrons. The van der Waals surface area contributed by atoms with E-state index in [0.717, 1.165) is 43.7 Å². The van der Waals surface area contributed by atoms with E-state index in [4.69, 9.17) is 0 Å². The average Bonchev–Trinajstić information content (AvgIpc) is 3.62. The summed E-state index contributed by atoms with van der Waals surface area (Å²) in [6, 6.07) is 17.7. The van der Waals surface area contributed by atoms with Crippen molar-refractivity contribution in [2.75, 3.05) is 31.5 Å². The first-order valence-electron chi connectivity index (χ1n) is 11.3. The molecule has 2 amide bonds. The van der Waals surface area contributed by atoms with Gasteiger partial charge >= 0.3 is 0 Å². The summed E-state index contributed by atoms with van der Waals surface area (Å²) in [5, 5.41) is 7.49. The number of carbonyl (C=O) groups excluding carboxylic acids is 2. The Morgan fingerprint density at radius 3 is 2.33 bits per heavy atom. The molecule has 33 heavy (non-hydrogen) atoms. The van der Waals surface area contributed by atoms with Gasteiger partial charge in [-0.3, -0.25) is 14.5 Å². The van der Waals surface area contributed by atoms with Crippen molar-refractivity contribution in [2.24, 2.45) is 5.92 Å². The molecule has 1 N–H and O–H groups in total. The number of benzene rings is 2. The summed E-state index contributed by atoms with van der Waals surface area (Å²) in [4.78, 5) is 29.6. The third kappa shape index (κ3) is 4.96. The van der Waals surface area contributed by atoms with Gasteiger partial charge in [-0.1, -0.05) is 30.3 Å². The fourth-order valence-electron chi connectivity index (χ4n) is 4.03. The molecule has 2 aliphatic rings. The number of hydrogen-bond donors (Lipinski definition) is 1. The van der Waals surface area contributed by atoms with Crippen molar-refractivity contribution in [1.82, 2.24) is 19.6 Å². The molecule has 3 aromatic rings. The highest BCUT2D eigenvalue weighted by molar-refractivity contribution is 5.97. The molecule has 170 valence electrons. The lowest BCUT2D eigenvalue weighted by molar-refractivity contribution is -0.117. The molecule has 7 nitrogen and oxygen atoms in total. The minimum absolute atomic E-state index is 0.0273. The number of para-hydroxylation sites is 1. The van der Waals surface area contributed by atoms with Crippen molar-refractivity contribution < 1.29 is 14.0 Å². The van der Waals surface area contributed by atoms with E-state index in [1.54, 1.807) is 27.8 Å². The highest BCUT2D eigenvalue weighted by atomic mass is 19.1. The Balaban J connectivity index is 1.27. The van der Waals surface area contributed by atoms with Crippen LogP contribution in [0.5, 0.6) is 0 Å². The van der Waals surface area contributed by atoms with Crippen LogP contribution in [0.2, 0.25) is 0 Å². The monoisotopic (exact) mass is 447 g/mol. The van der Waals surface area contributed by atoms with Crippen molar-refractivity contribution in [3.8, 4) is 5.69 Å². The maximum Gasteiger partial charge on any atom is 0.274 e. The molecular weight excluding hydrogens is 421 g/mol. The zero-order valence-corrected chi connectivity index (χ0v) is 18.3. The first-order chi connectivity index (χ1) is 16.1. The smallest absolute Gasteiger partial charge is 0.274 e. The van der Waals surface area contributed by atoms with Crippen LogP contribution in [0.3, 0.4) is 0 Å². The van der Waals surface area contributed by atoms with Gasteiger partial charge in [-0.05, 0) is 42.7 Å². The number of nitrogens with one attached hydrogen (secondary N) is 1. The van der Waals surface area contributed by atoms with E-state index in [0.29, 0.717) is 24.6 Å². The van der Waals surface area contributed by atoms with E-state index in [-0.39, 0.29) is 23.5 Å². The van der Waals surface area contributed by atoms with Crippen LogP contribution >= 0.6 is 0 Å². The lowest BCUT2D eigenvalue weighted by atomic mass is 10.2. The number of halogens is 1. The highest BCUT2D eigenvalue weighted by Gasteiger charge is 2.31. The Bertz CT molecular complexity index is 1130. The third-order valence-electron chi connectivity index (χ3n) is 6.11. The van der Waals surface area contributed by atoms with Gasteiger partial charge in [-0.2, -0.15) is 5.10 Å². The Morgan fingerprint density at radius 2 is 1.67 bits per heavy atom. The summed E-state index contributed by atoms with van der Waals surface area (Å²) in [5.74, 6) is 0.152. The maximum absolute atomic E-state index is 13.2. The van der Waals surface area contributed by atoms with E-state index in [1.165, 1.54) is 12.1 Å². The molecule has 1 saturated carbocycles. The van der Waals surface area contributed by atoms with Gasteiger partial charge in [0.05, 0.1) is 5.69 Å². The normalized spacial score (nSPS) is 16.6. The predicted octanol–water partition coefficient (Wildman–Crippen LogP) is 3.32. The molecule has 2 aromatic carbocycles. The number of anilines is 1. The van der Waals surface area contributed by atoms with Crippen molar-refractivity contribution >= 4 is 17.6 Å². The van der Waals surface area contributed by atoms with Crippen molar-refractivity contribution in [1.29, 1.82) is 0 Å². The second-order valence-electron chi connectivity index (χ2n) is 8.62. The standard InChI is InChI=1S/C25H26FN5O2/c26-20-10-6-18(7-11-20)17-29-12-14-30(15-13-29)25(33)22-16-23(27-24(32)19-8-9-19)31(28-22)21-4-2-1-3-5-21/h1-7,10-11,16,19H,8-9,12-15,17H2,(H,27,32). The third-order valence-corrected chi connectivity index (χ3v) is 6.11. The molecule has 2 heterocycles. The molecule has 1 aliphatic carbocycles. The molecule has 8 heteroatoms. The van der Waals surface area contributed by atoms with Crippen LogP contribution in [-0.2, 0) is 11.3 Å². The molecular formula is C25H26FN5O2. The minimum Gasteiger partial charge on any atom is -0.335 e. The quantitative estimate of drug-likeness (QED) is 0.629. The lowest BCUT2D eigenvalue weighted by Gasteiger charge is -2.34. The number of nitrogens with zero attached hydrogens (tertiary/aromatic N) is 4.